The number of hydrogen-bond donors (Lipinski definition) is 0. The summed E-state index contributed by atoms with van der Waals surface area (Å²) in [6.07, 6.45) is 0. The second-order valence-electron chi connectivity index (χ2n) is 4.32. The minimum atomic E-state index is 0.797. The molecule has 0 spiro atoms. The van der Waals surface area contributed by atoms with Crippen LogP contribution in [0.25, 0.3) is 11.1 Å². The zero-order valence-electron chi connectivity index (χ0n) is 11.5. The van der Waals surface area contributed by atoms with Crippen LogP contribution in [0.3, 0.4) is 0 Å². The largest absolute Gasteiger partial charge is 0.497 e. The van der Waals surface area contributed by atoms with E-state index >= 15 is 0 Å². The van der Waals surface area contributed by atoms with Crippen molar-refractivity contribution in [2.24, 2.45) is 0 Å². The van der Waals surface area contributed by atoms with Gasteiger partial charge in [0.05, 0.1) is 14.2 Å². The van der Waals surface area contributed by atoms with Gasteiger partial charge >= 0.3 is 0 Å². The molecule has 2 rings (SSSR count). The Morgan fingerprint density at radius 2 is 1.65 bits per heavy atom. The second kappa shape index (κ2) is 7.14. The van der Waals surface area contributed by atoms with Crippen molar-refractivity contribution in [2.45, 2.75) is 10.7 Å². The van der Waals surface area contributed by atoms with Crippen molar-refractivity contribution in [1.82, 2.24) is 0 Å². The maximum absolute atomic E-state index is 5.49. The Hall–Kier alpha value is -1.000. The van der Waals surface area contributed by atoms with Gasteiger partial charge in [-0.15, -0.1) is 0 Å². The van der Waals surface area contributed by atoms with Gasteiger partial charge in [-0.2, -0.15) is 0 Å². The number of benzene rings is 2. The van der Waals surface area contributed by atoms with Crippen LogP contribution in [-0.4, -0.2) is 14.2 Å². The fourth-order valence-electron chi connectivity index (χ4n) is 2.10. The molecule has 0 aromatic heterocycles. The van der Waals surface area contributed by atoms with E-state index in [2.05, 4.69) is 50.1 Å². The fourth-order valence-corrected chi connectivity index (χ4v) is 2.94. The molecule has 0 unspecified atom stereocenters. The minimum Gasteiger partial charge on any atom is -0.497 e. The Labute approximate surface area is 136 Å². The summed E-state index contributed by atoms with van der Waals surface area (Å²) in [6, 6.07) is 12.3. The molecule has 106 valence electrons. The van der Waals surface area contributed by atoms with Crippen LogP contribution >= 0.6 is 31.9 Å². The lowest BCUT2D eigenvalue weighted by Crippen LogP contribution is -1.94. The first-order chi connectivity index (χ1) is 9.73. The van der Waals surface area contributed by atoms with Crippen LogP contribution in [0.4, 0.5) is 0 Å². The molecule has 2 aromatic carbocycles. The second-order valence-corrected chi connectivity index (χ2v) is 5.45. The standard InChI is InChI=1S/C16H16Br2O2/c1-19-13-5-6-16(20-2)15(8-13)14-7-11(9-17)3-4-12(14)10-18/h3-8H,9-10H2,1-2H3. The average molecular weight is 400 g/mol. The van der Waals surface area contributed by atoms with Gasteiger partial charge in [0, 0.05) is 16.2 Å². The smallest absolute Gasteiger partial charge is 0.126 e. The van der Waals surface area contributed by atoms with Crippen LogP contribution in [-0.2, 0) is 10.7 Å². The Bertz CT molecular complexity index is 544. The molecule has 0 aliphatic rings. The third-order valence-corrected chi connectivity index (χ3v) is 4.42. The molecule has 0 aliphatic heterocycles. The zero-order chi connectivity index (χ0) is 14.5. The van der Waals surface area contributed by atoms with Gasteiger partial charge in [-0.25, -0.2) is 0 Å². The normalized spacial score (nSPS) is 10.4. The predicted octanol–water partition coefficient (Wildman–Crippen LogP) is 5.16. The highest BCUT2D eigenvalue weighted by atomic mass is 79.9. The van der Waals surface area contributed by atoms with E-state index in [-0.39, 0.29) is 0 Å². The van der Waals surface area contributed by atoms with Crippen molar-refractivity contribution in [1.29, 1.82) is 0 Å². The van der Waals surface area contributed by atoms with E-state index in [4.69, 9.17) is 9.47 Å². The molecule has 2 nitrogen and oxygen atoms in total. The van der Waals surface area contributed by atoms with E-state index in [9.17, 15) is 0 Å². The van der Waals surface area contributed by atoms with E-state index in [1.807, 2.05) is 18.2 Å². The summed E-state index contributed by atoms with van der Waals surface area (Å²) in [6.45, 7) is 0. The summed E-state index contributed by atoms with van der Waals surface area (Å²) >= 11 is 7.06. The number of hydrogen-bond acceptors (Lipinski definition) is 2. The van der Waals surface area contributed by atoms with Gasteiger partial charge in [-0.05, 0) is 41.0 Å². The van der Waals surface area contributed by atoms with Gasteiger partial charge in [0.15, 0.2) is 0 Å². The number of halogens is 2. The molecule has 0 bridgehead atoms. The number of rotatable bonds is 5. The van der Waals surface area contributed by atoms with Gasteiger partial charge < -0.3 is 9.47 Å². The number of ether oxygens (including phenoxy) is 2. The van der Waals surface area contributed by atoms with E-state index < -0.39 is 0 Å². The maximum atomic E-state index is 5.49. The SMILES string of the molecule is COc1ccc(OC)c(-c2cc(CBr)ccc2CBr)c1. The number of methoxy groups -OCH3 is 2. The third kappa shape index (κ3) is 3.18. The molecule has 4 heteroatoms. The van der Waals surface area contributed by atoms with Crippen molar-refractivity contribution in [3.63, 3.8) is 0 Å². The lowest BCUT2D eigenvalue weighted by Gasteiger charge is -2.14. The molecule has 0 N–H and O–H groups in total. The van der Waals surface area contributed by atoms with Gasteiger partial charge in [-0.1, -0.05) is 44.0 Å². The molecule has 20 heavy (non-hydrogen) atoms. The quantitative estimate of drug-likeness (QED) is 0.646. The summed E-state index contributed by atoms with van der Waals surface area (Å²) in [5.41, 5.74) is 4.66. The van der Waals surface area contributed by atoms with Crippen molar-refractivity contribution in [3.8, 4) is 22.6 Å². The van der Waals surface area contributed by atoms with Crippen molar-refractivity contribution < 1.29 is 9.47 Å². The van der Waals surface area contributed by atoms with Crippen molar-refractivity contribution in [3.05, 3.63) is 47.5 Å². The highest BCUT2D eigenvalue weighted by Crippen LogP contribution is 2.36. The monoisotopic (exact) mass is 398 g/mol. The van der Waals surface area contributed by atoms with Crippen LogP contribution in [0, 0.1) is 0 Å². The van der Waals surface area contributed by atoms with Crippen LogP contribution < -0.4 is 9.47 Å². The molecule has 0 saturated heterocycles. The van der Waals surface area contributed by atoms with Gasteiger partial charge in [0.2, 0.25) is 0 Å². The van der Waals surface area contributed by atoms with Crippen LogP contribution in [0.5, 0.6) is 11.5 Å². The van der Waals surface area contributed by atoms with Crippen molar-refractivity contribution in [2.75, 3.05) is 14.2 Å². The molecular weight excluding hydrogens is 384 g/mol. The molecule has 0 amide bonds. The first kappa shape index (κ1) is 15.4. The van der Waals surface area contributed by atoms with E-state index in [1.165, 1.54) is 11.1 Å². The number of alkyl halides is 2. The summed E-state index contributed by atoms with van der Waals surface area (Å²) in [4.78, 5) is 0. The highest BCUT2D eigenvalue weighted by molar-refractivity contribution is 9.08. The molecule has 0 atom stereocenters. The molecule has 0 heterocycles. The summed E-state index contributed by atoms with van der Waals surface area (Å²) in [5, 5.41) is 1.63. The first-order valence-electron chi connectivity index (χ1n) is 6.19. The molecule has 0 saturated carbocycles. The molecule has 2 aromatic rings. The Balaban J connectivity index is 2.64. The fraction of sp³-hybridized carbons (Fsp3) is 0.250. The van der Waals surface area contributed by atoms with Crippen LogP contribution in [0.2, 0.25) is 0 Å². The Morgan fingerprint density at radius 3 is 2.25 bits per heavy atom. The lowest BCUT2D eigenvalue weighted by atomic mass is 9.97. The highest BCUT2D eigenvalue weighted by Gasteiger charge is 2.12. The minimum absolute atomic E-state index is 0.797. The van der Waals surface area contributed by atoms with Gasteiger partial charge in [0.25, 0.3) is 0 Å². The average Bonchev–Trinajstić information content (AvgIpc) is 2.53. The molecule has 0 aliphatic carbocycles. The molecule has 0 fully saturated rings. The maximum Gasteiger partial charge on any atom is 0.126 e. The third-order valence-electron chi connectivity index (χ3n) is 3.17. The predicted molar refractivity (Wildman–Crippen MR) is 90.2 cm³/mol. The summed E-state index contributed by atoms with van der Waals surface area (Å²) in [7, 11) is 3.36. The van der Waals surface area contributed by atoms with Crippen LogP contribution in [0.15, 0.2) is 36.4 Å². The summed E-state index contributed by atoms with van der Waals surface area (Å²) < 4.78 is 10.8. The lowest BCUT2D eigenvalue weighted by molar-refractivity contribution is 0.404. The van der Waals surface area contributed by atoms with Gasteiger partial charge in [0.1, 0.15) is 11.5 Å². The Kier molecular flexibility index (Phi) is 5.49. The topological polar surface area (TPSA) is 18.5 Å². The zero-order valence-corrected chi connectivity index (χ0v) is 14.6. The van der Waals surface area contributed by atoms with E-state index in [1.54, 1.807) is 14.2 Å². The van der Waals surface area contributed by atoms with Gasteiger partial charge in [-0.3, -0.25) is 0 Å². The first-order valence-corrected chi connectivity index (χ1v) is 8.44. The Morgan fingerprint density at radius 1 is 0.850 bits per heavy atom. The van der Waals surface area contributed by atoms with E-state index in [0.29, 0.717) is 0 Å². The molecule has 0 radical (unpaired) electrons. The van der Waals surface area contributed by atoms with E-state index in [0.717, 1.165) is 33.3 Å². The molecular formula is C16H16Br2O2. The summed E-state index contributed by atoms with van der Waals surface area (Å²) in [5.74, 6) is 1.67. The van der Waals surface area contributed by atoms with Crippen LogP contribution in [0.1, 0.15) is 11.1 Å². The van der Waals surface area contributed by atoms with Crippen molar-refractivity contribution >= 4 is 31.9 Å².